The molecule has 0 spiro atoms. The van der Waals surface area contributed by atoms with E-state index in [1.807, 2.05) is 0 Å². The molecule has 1 aliphatic rings. The van der Waals surface area contributed by atoms with Gasteiger partial charge in [0, 0.05) is 18.6 Å². The lowest BCUT2D eigenvalue weighted by atomic mass is 10.0. The number of hydrogen-bond donors (Lipinski definition) is 1. The normalized spacial score (nSPS) is 20.5. The molecular weight excluding hydrogens is 236 g/mol. The van der Waals surface area contributed by atoms with E-state index in [4.69, 9.17) is 14.2 Å². The van der Waals surface area contributed by atoms with Crippen molar-refractivity contribution in [1.29, 1.82) is 0 Å². The van der Waals surface area contributed by atoms with Crippen molar-refractivity contribution in [2.24, 2.45) is 5.92 Å². The molecule has 1 fully saturated rings. The number of nitrogens with one attached hydrogen (secondary N) is 1. The second-order valence-electron chi connectivity index (χ2n) is 4.19. The predicted octanol–water partition coefficient (Wildman–Crippen LogP) is 0.726. The molecule has 0 aromatic carbocycles. The van der Waals surface area contributed by atoms with Crippen LogP contribution in [0.1, 0.15) is 13.3 Å². The van der Waals surface area contributed by atoms with Crippen molar-refractivity contribution in [3.05, 3.63) is 0 Å². The molecule has 100 valence electrons. The van der Waals surface area contributed by atoms with Crippen LogP contribution in [-0.2, 0) is 4.74 Å². The molecule has 0 saturated carbocycles. The van der Waals surface area contributed by atoms with E-state index in [-0.39, 0.29) is 18.1 Å². The third kappa shape index (κ3) is 2.98. The van der Waals surface area contributed by atoms with Gasteiger partial charge in [0.15, 0.2) is 0 Å². The van der Waals surface area contributed by atoms with Crippen LogP contribution in [0.4, 0.5) is 5.95 Å². The van der Waals surface area contributed by atoms with E-state index in [1.165, 1.54) is 14.2 Å². The molecule has 7 heteroatoms. The number of methoxy groups -OCH3 is 2. The second-order valence-corrected chi connectivity index (χ2v) is 4.19. The number of hydrogen-bond acceptors (Lipinski definition) is 7. The van der Waals surface area contributed by atoms with Crippen molar-refractivity contribution in [2.45, 2.75) is 19.4 Å². The van der Waals surface area contributed by atoms with Crippen molar-refractivity contribution in [1.82, 2.24) is 15.0 Å². The molecule has 0 aliphatic carbocycles. The standard InChI is InChI=1S/C11H18N4O3/c1-7(8-4-5-18-6-8)12-9-13-10(16-2)15-11(14-9)17-3/h7-8H,4-6H2,1-3H3,(H,12,13,14,15). The summed E-state index contributed by atoms with van der Waals surface area (Å²) in [6.07, 6.45) is 1.05. The van der Waals surface area contributed by atoms with Crippen molar-refractivity contribution in [2.75, 3.05) is 32.8 Å². The Morgan fingerprint density at radius 1 is 1.22 bits per heavy atom. The van der Waals surface area contributed by atoms with E-state index >= 15 is 0 Å². The van der Waals surface area contributed by atoms with Crippen molar-refractivity contribution in [3.63, 3.8) is 0 Å². The number of nitrogens with zero attached hydrogens (tertiary/aromatic N) is 3. The third-order valence-corrected chi connectivity index (χ3v) is 2.99. The van der Waals surface area contributed by atoms with Crippen LogP contribution in [0.2, 0.25) is 0 Å². The van der Waals surface area contributed by atoms with E-state index in [0.29, 0.717) is 11.9 Å². The summed E-state index contributed by atoms with van der Waals surface area (Å²) in [6, 6.07) is 0.697. The van der Waals surface area contributed by atoms with Crippen LogP contribution >= 0.6 is 0 Å². The zero-order valence-electron chi connectivity index (χ0n) is 10.8. The van der Waals surface area contributed by atoms with Crippen LogP contribution in [0.3, 0.4) is 0 Å². The van der Waals surface area contributed by atoms with Crippen LogP contribution in [0.15, 0.2) is 0 Å². The molecule has 7 nitrogen and oxygen atoms in total. The maximum Gasteiger partial charge on any atom is 0.324 e. The first-order chi connectivity index (χ1) is 8.72. The van der Waals surface area contributed by atoms with E-state index in [2.05, 4.69) is 27.2 Å². The van der Waals surface area contributed by atoms with Crippen molar-refractivity contribution in [3.8, 4) is 12.0 Å². The van der Waals surface area contributed by atoms with Gasteiger partial charge in [0.05, 0.1) is 20.8 Å². The van der Waals surface area contributed by atoms with Gasteiger partial charge in [0.25, 0.3) is 0 Å². The third-order valence-electron chi connectivity index (χ3n) is 2.99. The summed E-state index contributed by atoms with van der Waals surface area (Å²) in [7, 11) is 3.01. The average molecular weight is 254 g/mol. The zero-order valence-corrected chi connectivity index (χ0v) is 10.8. The first-order valence-electron chi connectivity index (χ1n) is 5.91. The van der Waals surface area contributed by atoms with Gasteiger partial charge in [-0.3, -0.25) is 0 Å². The molecule has 1 saturated heterocycles. The number of aromatic nitrogens is 3. The van der Waals surface area contributed by atoms with Crippen molar-refractivity contribution < 1.29 is 14.2 Å². The highest BCUT2D eigenvalue weighted by Gasteiger charge is 2.23. The highest BCUT2D eigenvalue weighted by molar-refractivity contribution is 5.29. The molecule has 1 aliphatic heterocycles. The maximum absolute atomic E-state index is 5.36. The Kier molecular flexibility index (Phi) is 4.14. The number of rotatable bonds is 5. The van der Waals surface area contributed by atoms with Gasteiger partial charge in [-0.2, -0.15) is 9.97 Å². The van der Waals surface area contributed by atoms with Gasteiger partial charge in [-0.05, 0) is 13.3 Å². The minimum Gasteiger partial charge on any atom is -0.467 e. The molecule has 1 aromatic rings. The van der Waals surface area contributed by atoms with Gasteiger partial charge in [0.1, 0.15) is 0 Å². The highest BCUT2D eigenvalue weighted by Crippen LogP contribution is 2.20. The molecule has 0 radical (unpaired) electrons. The summed E-state index contributed by atoms with van der Waals surface area (Å²) < 4.78 is 15.4. The molecule has 2 heterocycles. The quantitative estimate of drug-likeness (QED) is 0.829. The lowest BCUT2D eigenvalue weighted by molar-refractivity contribution is 0.183. The Morgan fingerprint density at radius 3 is 2.39 bits per heavy atom. The Balaban J connectivity index is 2.07. The van der Waals surface area contributed by atoms with Crippen LogP contribution in [0.5, 0.6) is 12.0 Å². The molecular formula is C11H18N4O3. The Labute approximate surface area is 106 Å². The van der Waals surface area contributed by atoms with Crippen LogP contribution in [-0.4, -0.2) is 48.4 Å². The SMILES string of the molecule is COc1nc(NC(C)C2CCOC2)nc(OC)n1. The topological polar surface area (TPSA) is 78.4 Å². The fourth-order valence-electron chi connectivity index (χ4n) is 1.85. The summed E-state index contributed by atoms with van der Waals surface area (Å²) in [5, 5.41) is 3.23. The second kappa shape index (κ2) is 5.81. The van der Waals surface area contributed by atoms with Gasteiger partial charge in [-0.1, -0.05) is 0 Å². The lowest BCUT2D eigenvalue weighted by Gasteiger charge is -2.19. The summed E-state index contributed by atoms with van der Waals surface area (Å²) in [5.74, 6) is 0.928. The average Bonchev–Trinajstić information content (AvgIpc) is 2.92. The van der Waals surface area contributed by atoms with Gasteiger partial charge in [-0.15, -0.1) is 4.98 Å². The molecule has 1 aromatic heterocycles. The summed E-state index contributed by atoms with van der Waals surface area (Å²) in [6.45, 7) is 3.68. The largest absolute Gasteiger partial charge is 0.467 e. The van der Waals surface area contributed by atoms with Gasteiger partial charge >= 0.3 is 12.0 Å². The van der Waals surface area contributed by atoms with Crippen molar-refractivity contribution >= 4 is 5.95 Å². The summed E-state index contributed by atoms with van der Waals surface area (Å²) >= 11 is 0. The molecule has 2 unspecified atom stereocenters. The number of ether oxygens (including phenoxy) is 3. The van der Waals surface area contributed by atoms with E-state index in [9.17, 15) is 0 Å². The predicted molar refractivity (Wildman–Crippen MR) is 64.9 cm³/mol. The minimum atomic E-state index is 0.226. The lowest BCUT2D eigenvalue weighted by Crippen LogP contribution is -2.27. The number of anilines is 1. The Bertz CT molecular complexity index is 374. The summed E-state index contributed by atoms with van der Waals surface area (Å²) in [5.41, 5.74) is 0. The van der Waals surface area contributed by atoms with Crippen LogP contribution in [0.25, 0.3) is 0 Å². The Hall–Kier alpha value is -1.63. The van der Waals surface area contributed by atoms with E-state index < -0.39 is 0 Å². The first-order valence-corrected chi connectivity index (χ1v) is 5.91. The summed E-state index contributed by atoms with van der Waals surface area (Å²) in [4.78, 5) is 12.2. The monoisotopic (exact) mass is 254 g/mol. The van der Waals surface area contributed by atoms with Gasteiger partial charge < -0.3 is 19.5 Å². The van der Waals surface area contributed by atoms with E-state index in [1.54, 1.807) is 0 Å². The highest BCUT2D eigenvalue weighted by atomic mass is 16.5. The van der Waals surface area contributed by atoms with Gasteiger partial charge in [-0.25, -0.2) is 0 Å². The fraction of sp³-hybridized carbons (Fsp3) is 0.727. The zero-order chi connectivity index (χ0) is 13.0. The van der Waals surface area contributed by atoms with Gasteiger partial charge in [0.2, 0.25) is 5.95 Å². The molecule has 1 N–H and O–H groups in total. The van der Waals surface area contributed by atoms with E-state index in [0.717, 1.165) is 19.6 Å². The smallest absolute Gasteiger partial charge is 0.324 e. The first kappa shape index (κ1) is 12.8. The minimum absolute atomic E-state index is 0.226. The van der Waals surface area contributed by atoms with Crippen LogP contribution in [0, 0.1) is 5.92 Å². The molecule has 2 atom stereocenters. The molecule has 2 rings (SSSR count). The molecule has 18 heavy (non-hydrogen) atoms. The van der Waals surface area contributed by atoms with Crippen LogP contribution < -0.4 is 14.8 Å². The Morgan fingerprint density at radius 2 is 1.89 bits per heavy atom. The molecule has 0 bridgehead atoms. The maximum atomic E-state index is 5.36. The fourth-order valence-corrected chi connectivity index (χ4v) is 1.85. The molecule has 0 amide bonds.